The fourth-order valence-corrected chi connectivity index (χ4v) is 3.91. The Morgan fingerprint density at radius 1 is 1.33 bits per heavy atom. The summed E-state index contributed by atoms with van der Waals surface area (Å²) in [4.78, 5) is 2.59. The van der Waals surface area contributed by atoms with Crippen molar-refractivity contribution in [2.45, 2.75) is 31.6 Å². The number of piperidine rings is 1. The molecule has 1 aromatic carbocycles. The van der Waals surface area contributed by atoms with Crippen molar-refractivity contribution in [2.24, 2.45) is 0 Å². The summed E-state index contributed by atoms with van der Waals surface area (Å²) < 4.78 is 1.22. The van der Waals surface area contributed by atoms with Gasteiger partial charge in [0.05, 0.1) is 0 Å². The summed E-state index contributed by atoms with van der Waals surface area (Å²) in [6.07, 6.45) is 3.77. The predicted molar refractivity (Wildman–Crippen MR) is 80.4 cm³/mol. The standard InChI is InChI=1S/C15H21BrN2/c1-2-9-18-11-15(5-7-17-8-6-15)13-10-12(16)3-4-14(13)18/h3-4,10,17H,2,5-9,11H2,1H3. The zero-order valence-electron chi connectivity index (χ0n) is 11.0. The molecule has 1 aromatic rings. The van der Waals surface area contributed by atoms with E-state index in [0.29, 0.717) is 5.41 Å². The minimum absolute atomic E-state index is 0.402. The van der Waals surface area contributed by atoms with E-state index in [9.17, 15) is 0 Å². The molecule has 0 saturated carbocycles. The molecule has 18 heavy (non-hydrogen) atoms. The topological polar surface area (TPSA) is 15.3 Å². The van der Waals surface area contributed by atoms with Crippen molar-refractivity contribution < 1.29 is 0 Å². The number of nitrogens with zero attached hydrogens (tertiary/aromatic N) is 1. The van der Waals surface area contributed by atoms with Crippen LogP contribution in [-0.4, -0.2) is 26.2 Å². The Hall–Kier alpha value is -0.540. The van der Waals surface area contributed by atoms with Gasteiger partial charge in [0.15, 0.2) is 0 Å². The van der Waals surface area contributed by atoms with Crippen molar-refractivity contribution in [2.75, 3.05) is 31.1 Å². The molecule has 2 heterocycles. The highest BCUT2D eigenvalue weighted by Gasteiger charge is 2.42. The fraction of sp³-hybridized carbons (Fsp3) is 0.600. The second kappa shape index (κ2) is 4.86. The average Bonchev–Trinajstić information content (AvgIpc) is 2.65. The zero-order chi connectivity index (χ0) is 12.6. The third-order valence-corrected chi connectivity index (χ3v) is 4.91. The van der Waals surface area contributed by atoms with E-state index in [1.54, 1.807) is 5.56 Å². The first-order valence-electron chi connectivity index (χ1n) is 7.01. The smallest absolute Gasteiger partial charge is 0.0406 e. The third kappa shape index (κ3) is 1.97. The van der Waals surface area contributed by atoms with Crippen molar-refractivity contribution in [3.8, 4) is 0 Å². The quantitative estimate of drug-likeness (QED) is 0.902. The highest BCUT2D eigenvalue weighted by Crippen LogP contribution is 2.46. The molecule has 0 unspecified atom stereocenters. The number of rotatable bonds is 2. The van der Waals surface area contributed by atoms with Gasteiger partial charge in [-0.2, -0.15) is 0 Å². The largest absolute Gasteiger partial charge is 0.370 e. The molecule has 1 fully saturated rings. The molecule has 2 aliphatic heterocycles. The van der Waals surface area contributed by atoms with Crippen molar-refractivity contribution in [1.29, 1.82) is 0 Å². The van der Waals surface area contributed by atoms with Crippen LogP contribution in [0.25, 0.3) is 0 Å². The highest BCUT2D eigenvalue weighted by molar-refractivity contribution is 9.10. The van der Waals surface area contributed by atoms with Crippen LogP contribution in [0.3, 0.4) is 0 Å². The van der Waals surface area contributed by atoms with Crippen LogP contribution in [0.4, 0.5) is 5.69 Å². The van der Waals surface area contributed by atoms with Gasteiger partial charge in [-0.25, -0.2) is 0 Å². The van der Waals surface area contributed by atoms with Gasteiger partial charge < -0.3 is 10.2 Å². The Kier molecular flexibility index (Phi) is 3.37. The van der Waals surface area contributed by atoms with E-state index in [0.717, 1.165) is 13.1 Å². The highest BCUT2D eigenvalue weighted by atomic mass is 79.9. The van der Waals surface area contributed by atoms with Gasteiger partial charge in [-0.05, 0) is 56.1 Å². The van der Waals surface area contributed by atoms with Crippen molar-refractivity contribution in [3.05, 3.63) is 28.2 Å². The molecule has 1 spiro atoms. The molecule has 0 radical (unpaired) electrons. The van der Waals surface area contributed by atoms with Crippen LogP contribution in [0.15, 0.2) is 22.7 Å². The maximum absolute atomic E-state index is 3.64. The summed E-state index contributed by atoms with van der Waals surface area (Å²) in [5.41, 5.74) is 3.45. The summed E-state index contributed by atoms with van der Waals surface area (Å²) >= 11 is 3.64. The minimum Gasteiger partial charge on any atom is -0.370 e. The number of halogens is 1. The maximum atomic E-state index is 3.64. The lowest BCUT2D eigenvalue weighted by atomic mass is 9.75. The molecule has 0 amide bonds. The van der Waals surface area contributed by atoms with Gasteiger partial charge in [-0.15, -0.1) is 0 Å². The summed E-state index contributed by atoms with van der Waals surface area (Å²) in [5, 5.41) is 3.50. The molecular formula is C15H21BrN2. The predicted octanol–water partition coefficient (Wildman–Crippen LogP) is 3.30. The lowest BCUT2D eigenvalue weighted by molar-refractivity contribution is 0.325. The van der Waals surface area contributed by atoms with Gasteiger partial charge in [0.1, 0.15) is 0 Å². The van der Waals surface area contributed by atoms with E-state index in [2.05, 4.69) is 51.3 Å². The fourth-order valence-electron chi connectivity index (χ4n) is 3.55. The van der Waals surface area contributed by atoms with Gasteiger partial charge >= 0.3 is 0 Å². The minimum atomic E-state index is 0.402. The van der Waals surface area contributed by atoms with E-state index in [1.807, 2.05) is 0 Å². The van der Waals surface area contributed by atoms with Crippen LogP contribution in [-0.2, 0) is 5.41 Å². The second-order valence-electron chi connectivity index (χ2n) is 5.61. The number of nitrogens with one attached hydrogen (secondary N) is 1. The normalized spacial score (nSPS) is 21.3. The number of hydrogen-bond donors (Lipinski definition) is 1. The summed E-state index contributed by atoms with van der Waals surface area (Å²) in [6.45, 7) is 6.99. The lowest BCUT2D eigenvalue weighted by Gasteiger charge is -2.35. The van der Waals surface area contributed by atoms with Crippen LogP contribution >= 0.6 is 15.9 Å². The van der Waals surface area contributed by atoms with Gasteiger partial charge in [0, 0.05) is 28.7 Å². The van der Waals surface area contributed by atoms with Crippen LogP contribution in [0.1, 0.15) is 31.7 Å². The zero-order valence-corrected chi connectivity index (χ0v) is 12.6. The molecule has 0 aromatic heterocycles. The Morgan fingerprint density at radius 2 is 2.11 bits per heavy atom. The average molecular weight is 309 g/mol. The summed E-state index contributed by atoms with van der Waals surface area (Å²) in [7, 11) is 0. The first-order valence-corrected chi connectivity index (χ1v) is 7.80. The number of hydrogen-bond acceptors (Lipinski definition) is 2. The maximum Gasteiger partial charge on any atom is 0.0406 e. The van der Waals surface area contributed by atoms with Gasteiger partial charge in [-0.3, -0.25) is 0 Å². The van der Waals surface area contributed by atoms with Gasteiger partial charge in [0.2, 0.25) is 0 Å². The van der Waals surface area contributed by atoms with Gasteiger partial charge in [-0.1, -0.05) is 22.9 Å². The van der Waals surface area contributed by atoms with Crippen LogP contribution in [0, 0.1) is 0 Å². The Bertz CT molecular complexity index is 438. The van der Waals surface area contributed by atoms with Crippen LogP contribution in [0.2, 0.25) is 0 Å². The number of benzene rings is 1. The van der Waals surface area contributed by atoms with E-state index in [4.69, 9.17) is 0 Å². The molecule has 2 nitrogen and oxygen atoms in total. The molecule has 1 saturated heterocycles. The molecule has 0 atom stereocenters. The molecule has 2 aliphatic rings. The lowest BCUT2D eigenvalue weighted by Crippen LogP contribution is -2.43. The van der Waals surface area contributed by atoms with E-state index in [1.165, 1.54) is 42.5 Å². The first kappa shape index (κ1) is 12.5. The van der Waals surface area contributed by atoms with E-state index >= 15 is 0 Å². The van der Waals surface area contributed by atoms with Crippen molar-refractivity contribution in [1.82, 2.24) is 5.32 Å². The van der Waals surface area contributed by atoms with Crippen molar-refractivity contribution in [3.63, 3.8) is 0 Å². The Labute approximate surface area is 118 Å². The van der Waals surface area contributed by atoms with Crippen LogP contribution < -0.4 is 10.2 Å². The molecule has 0 bridgehead atoms. The second-order valence-corrected chi connectivity index (χ2v) is 6.53. The number of anilines is 1. The summed E-state index contributed by atoms with van der Waals surface area (Å²) in [5.74, 6) is 0. The molecule has 98 valence electrons. The van der Waals surface area contributed by atoms with Crippen LogP contribution in [0.5, 0.6) is 0 Å². The monoisotopic (exact) mass is 308 g/mol. The molecular weight excluding hydrogens is 288 g/mol. The Balaban J connectivity index is 2.02. The molecule has 0 aliphatic carbocycles. The first-order chi connectivity index (χ1) is 8.75. The van der Waals surface area contributed by atoms with E-state index in [-0.39, 0.29) is 0 Å². The third-order valence-electron chi connectivity index (χ3n) is 4.42. The number of fused-ring (bicyclic) bond motifs is 2. The molecule has 1 N–H and O–H groups in total. The summed E-state index contributed by atoms with van der Waals surface area (Å²) in [6, 6.07) is 6.84. The van der Waals surface area contributed by atoms with E-state index < -0.39 is 0 Å². The van der Waals surface area contributed by atoms with Gasteiger partial charge in [0.25, 0.3) is 0 Å². The SMILES string of the molecule is CCCN1CC2(CCNCC2)c2cc(Br)ccc21. The molecule has 3 rings (SSSR count). The Morgan fingerprint density at radius 3 is 2.83 bits per heavy atom. The van der Waals surface area contributed by atoms with Crippen molar-refractivity contribution >= 4 is 21.6 Å². The molecule has 3 heteroatoms.